The van der Waals surface area contributed by atoms with Gasteiger partial charge in [0.2, 0.25) is 0 Å². The third-order valence-corrected chi connectivity index (χ3v) is 1.84. The average Bonchev–Trinajstić information content (AvgIpc) is 2.32. The fourth-order valence-electron chi connectivity index (χ4n) is 0.742. The Kier molecular flexibility index (Phi) is 6.41. The van der Waals surface area contributed by atoms with Crippen LogP contribution in [0.25, 0.3) is 0 Å². The number of carbonyl (C=O) groups is 2. The molecule has 0 radical (unpaired) electrons. The maximum Gasteiger partial charge on any atom is 0.333 e. The molecule has 0 saturated heterocycles. The largest absolute Gasteiger partial charge is 0.538 e. The summed E-state index contributed by atoms with van der Waals surface area (Å²) in [5, 5.41) is 8.30. The fourth-order valence-corrected chi connectivity index (χ4v) is 0.742. The third kappa shape index (κ3) is 5.50. The van der Waals surface area contributed by atoms with E-state index in [-0.39, 0.29) is 22.4 Å². The minimum absolute atomic E-state index is 0.0568. The minimum Gasteiger partial charge on any atom is -0.538 e. The van der Waals surface area contributed by atoms with Gasteiger partial charge in [0, 0.05) is 12.2 Å². The summed E-state index contributed by atoms with van der Waals surface area (Å²) < 4.78 is 9.56. The summed E-state index contributed by atoms with van der Waals surface area (Å²) in [7, 11) is 1.24. The van der Waals surface area contributed by atoms with E-state index in [2.05, 4.69) is 13.2 Å². The molecule has 0 saturated carbocycles. The number of rotatable bonds is 7. The second-order valence-electron chi connectivity index (χ2n) is 3.59. The highest BCUT2D eigenvalue weighted by Gasteiger charge is 2.33. The molecular formula is C7H12B4O5. The van der Waals surface area contributed by atoms with E-state index < -0.39 is 17.0 Å². The van der Waals surface area contributed by atoms with Crippen molar-refractivity contribution in [2.45, 2.75) is 5.01 Å². The standard InChI is InChI=1S/C7H12B4O5/c1-3-5(12)15-10-7(8,9-14)11-16-6(13)4-2/h3-4,9-11,14H,1-2,8H2. The van der Waals surface area contributed by atoms with Crippen molar-refractivity contribution in [2.75, 3.05) is 0 Å². The molecule has 0 aliphatic heterocycles. The van der Waals surface area contributed by atoms with Crippen LogP contribution >= 0.6 is 0 Å². The fraction of sp³-hybridized carbons (Fsp3) is 0.143. The van der Waals surface area contributed by atoms with Crippen LogP contribution in [0.15, 0.2) is 25.3 Å². The van der Waals surface area contributed by atoms with Gasteiger partial charge in [0.05, 0.1) is 7.85 Å². The Labute approximate surface area is 97.1 Å². The van der Waals surface area contributed by atoms with E-state index in [1.54, 1.807) is 7.85 Å². The Bertz CT molecular complexity index is 269. The summed E-state index contributed by atoms with van der Waals surface area (Å²) in [4.78, 5) is 21.6. The Morgan fingerprint density at radius 3 is 1.81 bits per heavy atom. The predicted molar refractivity (Wildman–Crippen MR) is 67.5 cm³/mol. The Morgan fingerprint density at radius 1 is 1.19 bits per heavy atom. The van der Waals surface area contributed by atoms with Crippen LogP contribution in [-0.4, -0.2) is 47.3 Å². The number of hydrogen-bond donors (Lipinski definition) is 1. The van der Waals surface area contributed by atoms with Crippen molar-refractivity contribution >= 4 is 42.2 Å². The first kappa shape index (κ1) is 14.6. The van der Waals surface area contributed by atoms with E-state index in [1.165, 1.54) is 0 Å². The van der Waals surface area contributed by atoms with Crippen LogP contribution in [-0.2, 0) is 18.9 Å². The van der Waals surface area contributed by atoms with Gasteiger partial charge < -0.3 is 14.3 Å². The lowest BCUT2D eigenvalue weighted by Gasteiger charge is -2.21. The SMILES string of the molecule is BC(BO)(BOC(=O)C=C)BOC(=O)C=C. The van der Waals surface area contributed by atoms with Gasteiger partial charge in [-0.1, -0.05) is 13.2 Å². The van der Waals surface area contributed by atoms with Crippen LogP contribution in [0, 0.1) is 0 Å². The summed E-state index contributed by atoms with van der Waals surface area (Å²) in [5.41, 5.74) is 0. The molecule has 0 aromatic heterocycles. The van der Waals surface area contributed by atoms with Crippen molar-refractivity contribution in [3.63, 3.8) is 0 Å². The van der Waals surface area contributed by atoms with Gasteiger partial charge in [0.15, 0.2) is 0 Å². The monoisotopic (exact) mass is 220 g/mol. The van der Waals surface area contributed by atoms with Gasteiger partial charge in [-0.15, -0.1) is 0 Å². The molecule has 5 nitrogen and oxygen atoms in total. The molecule has 9 heteroatoms. The van der Waals surface area contributed by atoms with Crippen molar-refractivity contribution in [2.24, 2.45) is 0 Å². The molecule has 0 rings (SSSR count). The summed E-state index contributed by atoms with van der Waals surface area (Å²) >= 11 is 0. The lowest BCUT2D eigenvalue weighted by atomic mass is 9.25. The first-order valence-electron chi connectivity index (χ1n) is 4.66. The molecule has 0 fully saturated rings. The molecule has 0 amide bonds. The van der Waals surface area contributed by atoms with Crippen molar-refractivity contribution < 1.29 is 23.9 Å². The Balaban J connectivity index is 4.19. The van der Waals surface area contributed by atoms with E-state index in [0.717, 1.165) is 12.2 Å². The molecule has 0 aliphatic rings. The van der Waals surface area contributed by atoms with E-state index in [9.17, 15) is 9.59 Å². The van der Waals surface area contributed by atoms with Crippen LogP contribution in [0.5, 0.6) is 0 Å². The molecule has 0 aromatic rings. The highest BCUT2D eigenvalue weighted by Crippen LogP contribution is 2.15. The topological polar surface area (TPSA) is 72.8 Å². The normalized spacial score (nSPS) is 9.56. The third-order valence-electron chi connectivity index (χ3n) is 1.84. The van der Waals surface area contributed by atoms with Gasteiger partial charge in [-0.25, -0.2) is 9.59 Å². The first-order valence-corrected chi connectivity index (χ1v) is 4.66. The zero-order valence-corrected chi connectivity index (χ0v) is 9.27. The van der Waals surface area contributed by atoms with Crippen LogP contribution in [0.1, 0.15) is 0 Å². The molecule has 0 bridgehead atoms. The van der Waals surface area contributed by atoms with Gasteiger partial charge in [0.1, 0.15) is 0 Å². The molecule has 0 unspecified atom stereocenters. The van der Waals surface area contributed by atoms with Gasteiger partial charge in [0.25, 0.3) is 7.48 Å². The molecular weight excluding hydrogens is 207 g/mol. The highest BCUT2D eigenvalue weighted by molar-refractivity contribution is 6.86. The van der Waals surface area contributed by atoms with E-state index in [4.69, 9.17) is 14.3 Å². The molecule has 0 spiro atoms. The van der Waals surface area contributed by atoms with Gasteiger partial charge >= 0.3 is 26.9 Å². The molecule has 16 heavy (non-hydrogen) atoms. The van der Waals surface area contributed by atoms with Crippen molar-refractivity contribution in [1.82, 2.24) is 0 Å². The molecule has 1 N–H and O–H groups in total. The lowest BCUT2D eigenvalue weighted by molar-refractivity contribution is -0.129. The summed E-state index contributed by atoms with van der Waals surface area (Å²) in [5.74, 6) is -1.18. The van der Waals surface area contributed by atoms with Crippen molar-refractivity contribution in [1.29, 1.82) is 0 Å². The van der Waals surface area contributed by atoms with Crippen LogP contribution < -0.4 is 0 Å². The zero-order valence-electron chi connectivity index (χ0n) is 9.27. The van der Waals surface area contributed by atoms with Gasteiger partial charge in [-0.2, -0.15) is 0 Å². The lowest BCUT2D eigenvalue weighted by Crippen LogP contribution is -2.38. The second kappa shape index (κ2) is 7.00. The second-order valence-corrected chi connectivity index (χ2v) is 3.59. The number of carbonyl (C=O) groups excluding carboxylic acids is 2. The quantitative estimate of drug-likeness (QED) is 0.369. The van der Waals surface area contributed by atoms with Gasteiger partial charge in [-0.05, 0) is 5.01 Å². The Hall–Kier alpha value is -1.36. The molecule has 82 valence electrons. The molecule has 0 aliphatic carbocycles. The summed E-state index contributed by atoms with van der Waals surface area (Å²) in [6, 6.07) is 0. The molecule has 0 atom stereocenters. The van der Waals surface area contributed by atoms with E-state index >= 15 is 0 Å². The summed E-state index contributed by atoms with van der Waals surface area (Å²) in [6.45, 7) is 6.48. The van der Waals surface area contributed by atoms with Crippen LogP contribution in [0.3, 0.4) is 0 Å². The predicted octanol–water partition coefficient (Wildman–Crippen LogP) is -2.84. The van der Waals surface area contributed by atoms with Crippen LogP contribution in [0.4, 0.5) is 0 Å². The zero-order chi connectivity index (χ0) is 12.6. The molecule has 0 aromatic carbocycles. The maximum atomic E-state index is 10.8. The maximum absolute atomic E-state index is 10.8. The smallest absolute Gasteiger partial charge is 0.333 e. The highest BCUT2D eigenvalue weighted by atomic mass is 16.5. The van der Waals surface area contributed by atoms with Crippen LogP contribution in [0.2, 0.25) is 5.01 Å². The average molecular weight is 219 g/mol. The number of hydrogen-bond acceptors (Lipinski definition) is 5. The van der Waals surface area contributed by atoms with Crippen molar-refractivity contribution in [3.8, 4) is 0 Å². The first-order chi connectivity index (χ1) is 7.47. The Morgan fingerprint density at radius 2 is 1.56 bits per heavy atom. The van der Waals surface area contributed by atoms with E-state index in [1.807, 2.05) is 0 Å². The van der Waals surface area contributed by atoms with Crippen molar-refractivity contribution in [3.05, 3.63) is 25.3 Å². The summed E-state index contributed by atoms with van der Waals surface area (Å²) in [6.07, 6.45) is 2.04. The minimum atomic E-state index is -0.822. The van der Waals surface area contributed by atoms with E-state index in [0.29, 0.717) is 0 Å². The molecule has 0 heterocycles. The van der Waals surface area contributed by atoms with Gasteiger partial charge in [-0.3, -0.25) is 0 Å².